The SMILES string of the molecule is CCCCCCC/C=C\C/C=C\C/C=C\CCCCCCCCCCCCC(=O)OCC(COC(=O)CCCCCCCCCCCCCCCCC)OC(=O)CCCCCCC/C=C\CCCCCCCC. The molecule has 0 aliphatic rings. The van der Waals surface area contributed by atoms with Crippen molar-refractivity contribution in [3.05, 3.63) is 48.6 Å². The standard InChI is InChI=1S/C67H122O6/c1-4-7-10-13-16-19-22-25-28-29-30-31-32-33-34-35-36-37-40-42-45-48-51-54-57-60-66(69)72-63-64(73-67(70)61-58-55-52-49-46-43-39-27-24-21-18-15-12-9-6-3)62-71-65(68)59-56-53-50-47-44-41-38-26-23-20-17-14-11-8-5-2/h22,25,27,29-30,32-33,39,64H,4-21,23-24,26,28,31,34-38,40-63H2,1-3H3/b25-22-,30-29-,33-32-,39-27-. The predicted molar refractivity (Wildman–Crippen MR) is 316 cm³/mol. The molecule has 0 saturated heterocycles. The highest BCUT2D eigenvalue weighted by Crippen LogP contribution is 2.17. The van der Waals surface area contributed by atoms with Crippen molar-refractivity contribution in [1.82, 2.24) is 0 Å². The summed E-state index contributed by atoms with van der Waals surface area (Å²) in [5.41, 5.74) is 0. The van der Waals surface area contributed by atoms with Crippen LogP contribution in [0.25, 0.3) is 0 Å². The van der Waals surface area contributed by atoms with Gasteiger partial charge in [0.2, 0.25) is 0 Å². The lowest BCUT2D eigenvalue weighted by atomic mass is 10.0. The number of hydrogen-bond acceptors (Lipinski definition) is 6. The molecule has 0 rings (SSSR count). The van der Waals surface area contributed by atoms with Crippen molar-refractivity contribution >= 4 is 17.9 Å². The minimum absolute atomic E-state index is 0.0738. The van der Waals surface area contributed by atoms with E-state index in [1.807, 2.05) is 0 Å². The molecule has 0 aromatic heterocycles. The molecule has 0 fully saturated rings. The van der Waals surface area contributed by atoms with Crippen LogP contribution in [0.3, 0.4) is 0 Å². The van der Waals surface area contributed by atoms with Crippen LogP contribution in [0, 0.1) is 0 Å². The molecule has 0 saturated carbocycles. The Bertz CT molecular complexity index is 1270. The van der Waals surface area contributed by atoms with Crippen LogP contribution in [-0.4, -0.2) is 37.2 Å². The average Bonchev–Trinajstić information content (AvgIpc) is 3.39. The van der Waals surface area contributed by atoms with E-state index in [1.54, 1.807) is 0 Å². The summed E-state index contributed by atoms with van der Waals surface area (Å²) in [6.07, 6.45) is 76.8. The molecule has 0 bridgehead atoms. The second-order valence-corrected chi connectivity index (χ2v) is 21.7. The fraction of sp³-hybridized carbons (Fsp3) is 0.836. The molecule has 0 radical (unpaired) electrons. The van der Waals surface area contributed by atoms with Crippen molar-refractivity contribution in [3.63, 3.8) is 0 Å². The van der Waals surface area contributed by atoms with Gasteiger partial charge in [0.15, 0.2) is 6.10 Å². The van der Waals surface area contributed by atoms with Crippen LogP contribution in [0.15, 0.2) is 48.6 Å². The Morgan fingerprint density at radius 1 is 0.274 bits per heavy atom. The van der Waals surface area contributed by atoms with Crippen molar-refractivity contribution in [2.45, 2.75) is 348 Å². The third kappa shape index (κ3) is 60.1. The lowest BCUT2D eigenvalue weighted by Gasteiger charge is -2.18. The smallest absolute Gasteiger partial charge is 0.306 e. The molecule has 0 spiro atoms. The molecule has 426 valence electrons. The molecule has 0 aliphatic heterocycles. The van der Waals surface area contributed by atoms with Gasteiger partial charge < -0.3 is 14.2 Å². The fourth-order valence-electron chi connectivity index (χ4n) is 9.45. The Morgan fingerprint density at radius 2 is 0.493 bits per heavy atom. The molecular formula is C67H122O6. The highest BCUT2D eigenvalue weighted by Gasteiger charge is 2.19. The van der Waals surface area contributed by atoms with Gasteiger partial charge in [-0.3, -0.25) is 14.4 Å². The average molecular weight is 1020 g/mol. The van der Waals surface area contributed by atoms with Crippen LogP contribution in [-0.2, 0) is 28.6 Å². The quantitative estimate of drug-likeness (QED) is 0.0261. The molecule has 6 heteroatoms. The summed E-state index contributed by atoms with van der Waals surface area (Å²) < 4.78 is 16.9. The molecule has 1 atom stereocenters. The maximum absolute atomic E-state index is 12.9. The first-order chi connectivity index (χ1) is 36.0. The number of rotatable bonds is 59. The molecule has 0 heterocycles. The summed E-state index contributed by atoms with van der Waals surface area (Å²) in [5, 5.41) is 0. The molecule has 0 aliphatic carbocycles. The molecule has 1 unspecified atom stereocenters. The summed E-state index contributed by atoms with van der Waals surface area (Å²) in [5.74, 6) is -0.866. The van der Waals surface area contributed by atoms with Gasteiger partial charge >= 0.3 is 17.9 Å². The van der Waals surface area contributed by atoms with Crippen LogP contribution < -0.4 is 0 Å². The topological polar surface area (TPSA) is 78.9 Å². The molecule has 6 nitrogen and oxygen atoms in total. The van der Waals surface area contributed by atoms with Crippen molar-refractivity contribution < 1.29 is 28.6 Å². The van der Waals surface area contributed by atoms with Crippen molar-refractivity contribution in [2.24, 2.45) is 0 Å². The van der Waals surface area contributed by atoms with Gasteiger partial charge in [-0.1, -0.05) is 288 Å². The van der Waals surface area contributed by atoms with E-state index in [0.29, 0.717) is 19.3 Å². The van der Waals surface area contributed by atoms with Crippen LogP contribution in [0.2, 0.25) is 0 Å². The summed E-state index contributed by atoms with van der Waals surface area (Å²) in [4.78, 5) is 38.3. The van der Waals surface area contributed by atoms with E-state index in [-0.39, 0.29) is 31.1 Å². The number of ether oxygens (including phenoxy) is 3. The molecule has 0 amide bonds. The lowest BCUT2D eigenvalue weighted by Crippen LogP contribution is -2.30. The van der Waals surface area contributed by atoms with E-state index < -0.39 is 6.10 Å². The summed E-state index contributed by atoms with van der Waals surface area (Å²) >= 11 is 0. The fourth-order valence-corrected chi connectivity index (χ4v) is 9.45. The third-order valence-corrected chi connectivity index (χ3v) is 14.3. The Balaban J connectivity index is 4.29. The zero-order chi connectivity index (χ0) is 52.9. The Hall–Kier alpha value is -2.63. The van der Waals surface area contributed by atoms with Crippen molar-refractivity contribution in [1.29, 1.82) is 0 Å². The minimum atomic E-state index is -0.777. The van der Waals surface area contributed by atoms with Crippen LogP contribution in [0.1, 0.15) is 342 Å². The Morgan fingerprint density at radius 3 is 0.781 bits per heavy atom. The zero-order valence-electron chi connectivity index (χ0n) is 48.9. The van der Waals surface area contributed by atoms with Gasteiger partial charge in [-0.05, 0) is 83.5 Å². The van der Waals surface area contributed by atoms with Gasteiger partial charge in [0.25, 0.3) is 0 Å². The van der Waals surface area contributed by atoms with E-state index in [0.717, 1.165) is 77.0 Å². The van der Waals surface area contributed by atoms with E-state index in [2.05, 4.69) is 69.4 Å². The predicted octanol–water partition coefficient (Wildman–Crippen LogP) is 21.8. The Labute approximate surface area is 454 Å². The van der Waals surface area contributed by atoms with E-state index >= 15 is 0 Å². The molecule has 0 N–H and O–H groups in total. The van der Waals surface area contributed by atoms with Gasteiger partial charge in [0.1, 0.15) is 13.2 Å². The number of unbranched alkanes of at least 4 members (excludes halogenated alkanes) is 40. The lowest BCUT2D eigenvalue weighted by molar-refractivity contribution is -0.167. The van der Waals surface area contributed by atoms with E-state index in [1.165, 1.54) is 225 Å². The first kappa shape index (κ1) is 70.4. The number of carbonyl (C=O) groups excluding carboxylic acids is 3. The van der Waals surface area contributed by atoms with Crippen LogP contribution in [0.4, 0.5) is 0 Å². The van der Waals surface area contributed by atoms with Crippen LogP contribution >= 0.6 is 0 Å². The van der Waals surface area contributed by atoms with Crippen LogP contribution in [0.5, 0.6) is 0 Å². The first-order valence-corrected chi connectivity index (χ1v) is 32.1. The highest BCUT2D eigenvalue weighted by atomic mass is 16.6. The van der Waals surface area contributed by atoms with Gasteiger partial charge in [-0.25, -0.2) is 0 Å². The zero-order valence-corrected chi connectivity index (χ0v) is 48.9. The van der Waals surface area contributed by atoms with Gasteiger partial charge in [-0.2, -0.15) is 0 Å². The maximum Gasteiger partial charge on any atom is 0.306 e. The second kappa shape index (κ2) is 61.9. The summed E-state index contributed by atoms with van der Waals surface area (Å²) in [6, 6.07) is 0. The Kier molecular flexibility index (Phi) is 59.7. The molecule has 0 aromatic carbocycles. The normalized spacial score (nSPS) is 12.3. The maximum atomic E-state index is 12.9. The summed E-state index contributed by atoms with van der Waals surface area (Å²) in [6.45, 7) is 6.66. The van der Waals surface area contributed by atoms with Crippen molar-refractivity contribution in [2.75, 3.05) is 13.2 Å². The minimum Gasteiger partial charge on any atom is -0.462 e. The number of esters is 3. The molecular weight excluding hydrogens is 901 g/mol. The van der Waals surface area contributed by atoms with Gasteiger partial charge in [0.05, 0.1) is 0 Å². The van der Waals surface area contributed by atoms with E-state index in [9.17, 15) is 14.4 Å². The first-order valence-electron chi connectivity index (χ1n) is 32.1. The number of allylic oxidation sites excluding steroid dienone is 8. The van der Waals surface area contributed by atoms with Gasteiger partial charge in [-0.15, -0.1) is 0 Å². The molecule has 0 aromatic rings. The highest BCUT2D eigenvalue weighted by molar-refractivity contribution is 5.71. The number of hydrogen-bond donors (Lipinski definition) is 0. The second-order valence-electron chi connectivity index (χ2n) is 21.7. The third-order valence-electron chi connectivity index (χ3n) is 14.3. The largest absolute Gasteiger partial charge is 0.462 e. The number of carbonyl (C=O) groups is 3. The monoisotopic (exact) mass is 1020 g/mol. The summed E-state index contributed by atoms with van der Waals surface area (Å²) in [7, 11) is 0. The molecule has 73 heavy (non-hydrogen) atoms. The van der Waals surface area contributed by atoms with Crippen molar-refractivity contribution in [3.8, 4) is 0 Å². The van der Waals surface area contributed by atoms with Gasteiger partial charge in [0, 0.05) is 19.3 Å². The van der Waals surface area contributed by atoms with E-state index in [4.69, 9.17) is 14.2 Å².